The van der Waals surface area contributed by atoms with Crippen molar-refractivity contribution in [2.45, 2.75) is 25.0 Å². The molecule has 140 valence electrons. The van der Waals surface area contributed by atoms with E-state index in [1.54, 1.807) is 16.9 Å². The minimum Gasteiger partial charge on any atom is -0.495 e. The molecule has 2 saturated heterocycles. The first-order valence-corrected chi connectivity index (χ1v) is 9.15. The Hall–Kier alpha value is -2.28. The summed E-state index contributed by atoms with van der Waals surface area (Å²) in [5.74, 6) is 1.32. The number of amides is 3. The molecule has 1 N–H and O–H groups in total. The van der Waals surface area contributed by atoms with Crippen LogP contribution in [-0.2, 0) is 9.53 Å². The number of nitrogens with zero attached hydrogens (tertiary/aromatic N) is 2. The number of methoxy groups -OCH3 is 1. The first kappa shape index (κ1) is 17.1. The van der Waals surface area contributed by atoms with Crippen LogP contribution in [0.2, 0.25) is 0 Å². The van der Waals surface area contributed by atoms with E-state index in [-0.39, 0.29) is 23.9 Å². The van der Waals surface area contributed by atoms with Crippen LogP contribution in [0.1, 0.15) is 12.8 Å². The van der Waals surface area contributed by atoms with Crippen molar-refractivity contribution in [3.05, 3.63) is 24.3 Å². The number of carbonyl (C=O) groups excluding carboxylic acids is 2. The van der Waals surface area contributed by atoms with Gasteiger partial charge in [0.2, 0.25) is 0 Å². The molecule has 3 amide bonds. The molecule has 0 spiro atoms. The Balaban J connectivity index is 1.42. The molecule has 1 aromatic rings. The smallest absolute Gasteiger partial charge is 0.322 e. The van der Waals surface area contributed by atoms with Crippen LogP contribution in [0, 0.1) is 11.8 Å². The van der Waals surface area contributed by atoms with Gasteiger partial charge in [-0.15, -0.1) is 0 Å². The lowest BCUT2D eigenvalue weighted by atomic mass is 10.0. The summed E-state index contributed by atoms with van der Waals surface area (Å²) in [6.07, 6.45) is 1.96. The maximum atomic E-state index is 12.7. The van der Waals surface area contributed by atoms with Gasteiger partial charge < -0.3 is 24.6 Å². The lowest BCUT2D eigenvalue weighted by Crippen LogP contribution is -2.40. The molecule has 3 atom stereocenters. The fraction of sp³-hybridized carbons (Fsp3) is 0.579. The van der Waals surface area contributed by atoms with Gasteiger partial charge in [0.1, 0.15) is 11.9 Å². The Kier molecular flexibility index (Phi) is 4.48. The standard InChI is InChI=1S/C19H25N3O4/c1-21-15-10-22(19(24)20-14-5-3-4-6-16(14)25-2)9-13(15)17(18(21)23)26-11-12-7-8-12/h3-6,12-13,15,17H,7-11H2,1-2H3,(H,20,24)/t13-,15+,17-/m0/s1. The highest BCUT2D eigenvalue weighted by Crippen LogP contribution is 2.36. The van der Waals surface area contributed by atoms with Crippen LogP contribution in [0.3, 0.4) is 0 Å². The second-order valence-electron chi connectivity index (χ2n) is 7.41. The summed E-state index contributed by atoms with van der Waals surface area (Å²) in [6.45, 7) is 1.70. The summed E-state index contributed by atoms with van der Waals surface area (Å²) in [5, 5.41) is 2.91. The number of likely N-dealkylation sites (tertiary alicyclic amines) is 2. The molecule has 26 heavy (non-hydrogen) atoms. The predicted molar refractivity (Wildman–Crippen MR) is 96.1 cm³/mol. The topological polar surface area (TPSA) is 71.1 Å². The fourth-order valence-electron chi connectivity index (χ4n) is 3.89. The Labute approximate surface area is 153 Å². The number of benzene rings is 1. The van der Waals surface area contributed by atoms with Crippen LogP contribution in [0.15, 0.2) is 24.3 Å². The van der Waals surface area contributed by atoms with E-state index in [0.717, 1.165) is 0 Å². The fourth-order valence-corrected chi connectivity index (χ4v) is 3.89. The second-order valence-corrected chi connectivity index (χ2v) is 7.41. The summed E-state index contributed by atoms with van der Waals surface area (Å²) in [4.78, 5) is 28.7. The van der Waals surface area contributed by atoms with Gasteiger partial charge in [-0.1, -0.05) is 12.1 Å². The largest absolute Gasteiger partial charge is 0.495 e. The van der Waals surface area contributed by atoms with Crippen LogP contribution < -0.4 is 10.1 Å². The highest BCUT2D eigenvalue weighted by atomic mass is 16.5. The van der Waals surface area contributed by atoms with Gasteiger partial charge in [-0.3, -0.25) is 4.79 Å². The van der Waals surface area contributed by atoms with E-state index in [9.17, 15) is 9.59 Å². The molecule has 7 nitrogen and oxygen atoms in total. The van der Waals surface area contributed by atoms with Gasteiger partial charge in [0, 0.05) is 26.1 Å². The first-order chi connectivity index (χ1) is 12.6. The zero-order chi connectivity index (χ0) is 18.3. The van der Waals surface area contributed by atoms with Crippen LogP contribution in [0.25, 0.3) is 0 Å². The number of anilines is 1. The third-order valence-electron chi connectivity index (χ3n) is 5.65. The van der Waals surface area contributed by atoms with E-state index < -0.39 is 6.10 Å². The Morgan fingerprint density at radius 3 is 2.77 bits per heavy atom. The van der Waals surface area contributed by atoms with Crippen molar-refractivity contribution in [1.82, 2.24) is 9.80 Å². The van der Waals surface area contributed by atoms with E-state index in [2.05, 4.69) is 5.32 Å². The number of hydrogen-bond acceptors (Lipinski definition) is 4. The monoisotopic (exact) mass is 359 g/mol. The van der Waals surface area contributed by atoms with Crippen molar-refractivity contribution in [2.24, 2.45) is 11.8 Å². The predicted octanol–water partition coefficient (Wildman–Crippen LogP) is 1.79. The molecule has 3 fully saturated rings. The van der Waals surface area contributed by atoms with E-state index in [0.29, 0.717) is 37.1 Å². The van der Waals surface area contributed by atoms with E-state index in [4.69, 9.17) is 9.47 Å². The number of carbonyl (C=O) groups is 2. The van der Waals surface area contributed by atoms with Gasteiger partial charge in [0.15, 0.2) is 0 Å². The molecule has 7 heteroatoms. The zero-order valence-electron chi connectivity index (χ0n) is 15.2. The van der Waals surface area contributed by atoms with Crippen LogP contribution in [0.4, 0.5) is 10.5 Å². The summed E-state index contributed by atoms with van der Waals surface area (Å²) >= 11 is 0. The molecule has 2 heterocycles. The summed E-state index contributed by atoms with van der Waals surface area (Å²) in [5.41, 5.74) is 0.642. The molecule has 2 aliphatic heterocycles. The molecule has 3 aliphatic rings. The van der Waals surface area contributed by atoms with Crippen molar-refractivity contribution in [2.75, 3.05) is 39.2 Å². The van der Waals surface area contributed by atoms with Crippen LogP contribution >= 0.6 is 0 Å². The molecule has 0 unspecified atom stereocenters. The van der Waals surface area contributed by atoms with Crippen LogP contribution in [-0.4, -0.2) is 67.7 Å². The molecular weight excluding hydrogens is 334 g/mol. The maximum absolute atomic E-state index is 12.7. The molecule has 4 rings (SSSR count). The van der Waals surface area contributed by atoms with Crippen molar-refractivity contribution in [1.29, 1.82) is 0 Å². The average molecular weight is 359 g/mol. The molecule has 1 aromatic carbocycles. The average Bonchev–Trinajstić information content (AvgIpc) is 3.32. The van der Waals surface area contributed by atoms with Gasteiger partial charge >= 0.3 is 6.03 Å². The molecular formula is C19H25N3O4. The Morgan fingerprint density at radius 2 is 2.04 bits per heavy atom. The number of likely N-dealkylation sites (N-methyl/N-ethyl adjacent to an activating group) is 1. The lowest BCUT2D eigenvalue weighted by molar-refractivity contribution is -0.138. The summed E-state index contributed by atoms with van der Waals surface area (Å²) in [7, 11) is 3.38. The van der Waals surface area contributed by atoms with Gasteiger partial charge in [-0.25, -0.2) is 4.79 Å². The minimum atomic E-state index is -0.422. The minimum absolute atomic E-state index is 0.0233. The zero-order valence-corrected chi connectivity index (χ0v) is 15.2. The number of para-hydroxylation sites is 2. The van der Waals surface area contributed by atoms with E-state index in [1.807, 2.05) is 31.3 Å². The molecule has 0 radical (unpaired) electrons. The first-order valence-electron chi connectivity index (χ1n) is 9.15. The quantitative estimate of drug-likeness (QED) is 0.870. The van der Waals surface area contributed by atoms with Crippen molar-refractivity contribution in [3.8, 4) is 5.75 Å². The van der Waals surface area contributed by atoms with E-state index in [1.165, 1.54) is 12.8 Å². The number of nitrogens with one attached hydrogen (secondary N) is 1. The normalized spacial score (nSPS) is 27.6. The maximum Gasteiger partial charge on any atom is 0.322 e. The SMILES string of the molecule is COc1ccccc1NC(=O)N1C[C@@H]2[C@H](OCC3CC3)C(=O)N(C)[C@@H]2C1. The van der Waals surface area contributed by atoms with E-state index >= 15 is 0 Å². The summed E-state index contributed by atoms with van der Waals surface area (Å²) in [6, 6.07) is 7.18. The van der Waals surface area contributed by atoms with Crippen LogP contribution in [0.5, 0.6) is 5.75 Å². The number of fused-ring (bicyclic) bond motifs is 1. The number of urea groups is 1. The number of ether oxygens (including phenoxy) is 2. The highest BCUT2D eigenvalue weighted by molar-refractivity contribution is 5.92. The molecule has 1 saturated carbocycles. The van der Waals surface area contributed by atoms with Gasteiger partial charge in [0.05, 0.1) is 25.4 Å². The molecule has 0 aromatic heterocycles. The second kappa shape index (κ2) is 6.79. The van der Waals surface area contributed by atoms with Gasteiger partial charge in [-0.05, 0) is 30.9 Å². The van der Waals surface area contributed by atoms with Crippen molar-refractivity contribution in [3.63, 3.8) is 0 Å². The lowest BCUT2D eigenvalue weighted by Gasteiger charge is -2.23. The highest BCUT2D eigenvalue weighted by Gasteiger charge is 2.53. The van der Waals surface area contributed by atoms with Crippen molar-refractivity contribution < 1.29 is 19.1 Å². The third kappa shape index (κ3) is 3.11. The van der Waals surface area contributed by atoms with Gasteiger partial charge in [0.25, 0.3) is 5.91 Å². The number of hydrogen-bond donors (Lipinski definition) is 1. The summed E-state index contributed by atoms with van der Waals surface area (Å²) < 4.78 is 11.2. The Bertz CT molecular complexity index is 706. The molecule has 0 bridgehead atoms. The molecule has 1 aliphatic carbocycles. The Morgan fingerprint density at radius 1 is 1.27 bits per heavy atom. The van der Waals surface area contributed by atoms with Crippen molar-refractivity contribution >= 4 is 17.6 Å². The number of rotatable bonds is 5. The van der Waals surface area contributed by atoms with Gasteiger partial charge in [-0.2, -0.15) is 0 Å². The third-order valence-corrected chi connectivity index (χ3v) is 5.65.